The highest BCUT2D eigenvalue weighted by Crippen LogP contribution is 2.53. The summed E-state index contributed by atoms with van der Waals surface area (Å²) in [4.78, 5) is 0. The summed E-state index contributed by atoms with van der Waals surface area (Å²) in [5.74, 6) is 1.26. The fourth-order valence-electron chi connectivity index (χ4n) is 3.96. The molecule has 3 unspecified atom stereocenters. The Hall–Kier alpha value is -0.120. The van der Waals surface area contributed by atoms with Gasteiger partial charge in [-0.3, -0.25) is 0 Å². The molecule has 2 N–H and O–H groups in total. The van der Waals surface area contributed by atoms with E-state index in [9.17, 15) is 5.21 Å². The van der Waals surface area contributed by atoms with Crippen molar-refractivity contribution in [3.05, 3.63) is 0 Å². The first kappa shape index (κ1) is 8.21. The fraction of sp³-hybridized carbons (Fsp3) is 1.00. The number of piperidine rings is 2. The van der Waals surface area contributed by atoms with E-state index < -0.39 is 0 Å². The van der Waals surface area contributed by atoms with Crippen molar-refractivity contribution in [1.29, 1.82) is 0 Å². The van der Waals surface area contributed by atoms with Crippen LogP contribution in [0.5, 0.6) is 0 Å². The molecule has 2 aliphatic heterocycles. The molecule has 2 saturated carbocycles. The van der Waals surface area contributed by atoms with Gasteiger partial charge < -0.3 is 5.73 Å². The van der Waals surface area contributed by atoms with Crippen LogP contribution in [0.1, 0.15) is 32.6 Å². The maximum Gasteiger partial charge on any atom is 0.0475 e. The summed E-state index contributed by atoms with van der Waals surface area (Å²) in [6.45, 7) is 2.12. The van der Waals surface area contributed by atoms with Crippen molar-refractivity contribution in [2.24, 2.45) is 17.6 Å². The summed E-state index contributed by atoms with van der Waals surface area (Å²) < 4.78 is 0. The zero-order valence-corrected chi connectivity index (χ0v) is 8.07. The molecule has 5 atom stereocenters. The number of hydrogen-bond donors (Lipinski definition) is 1. The lowest BCUT2D eigenvalue weighted by Crippen LogP contribution is -2.68. The maximum absolute atomic E-state index is 11.9. The van der Waals surface area contributed by atoms with Gasteiger partial charge in [0.2, 0.25) is 0 Å². The first-order chi connectivity index (χ1) is 6.10. The number of nitrogens with two attached hydrogens (primary N) is 1. The average Bonchev–Trinajstić information content (AvgIpc) is 2.05. The third-order valence-electron chi connectivity index (χ3n) is 4.51. The van der Waals surface area contributed by atoms with Gasteiger partial charge in [0, 0.05) is 17.6 Å². The van der Waals surface area contributed by atoms with Crippen LogP contribution in [0.3, 0.4) is 0 Å². The van der Waals surface area contributed by atoms with Gasteiger partial charge in [-0.05, 0) is 44.4 Å². The van der Waals surface area contributed by atoms with E-state index in [0.29, 0.717) is 23.9 Å². The van der Waals surface area contributed by atoms with Gasteiger partial charge in [0.1, 0.15) is 0 Å². The molecule has 1 radical (unpaired) electrons. The van der Waals surface area contributed by atoms with E-state index >= 15 is 0 Å². The summed E-state index contributed by atoms with van der Waals surface area (Å²) in [7, 11) is 0. The summed E-state index contributed by atoms with van der Waals surface area (Å²) >= 11 is 0. The van der Waals surface area contributed by atoms with E-state index in [1.165, 1.54) is 5.06 Å². The first-order valence-electron chi connectivity index (χ1n) is 5.32. The Balaban J connectivity index is 1.97. The van der Waals surface area contributed by atoms with E-state index in [1.54, 1.807) is 0 Å². The Bertz CT molecular complexity index is 227. The zero-order chi connectivity index (χ0) is 9.22. The van der Waals surface area contributed by atoms with Crippen LogP contribution in [0.15, 0.2) is 0 Å². The van der Waals surface area contributed by atoms with E-state index in [4.69, 9.17) is 5.73 Å². The lowest BCUT2D eigenvalue weighted by Gasteiger charge is -2.60. The minimum atomic E-state index is -0.0631. The third kappa shape index (κ3) is 0.901. The first-order valence-corrected chi connectivity index (χ1v) is 5.32. The van der Waals surface area contributed by atoms with Crippen LogP contribution < -0.4 is 5.73 Å². The molecule has 4 fully saturated rings. The van der Waals surface area contributed by atoms with E-state index in [0.717, 1.165) is 25.7 Å². The molecule has 73 valence electrons. The number of rotatable bonds is 0. The Morgan fingerprint density at radius 1 is 1.31 bits per heavy atom. The predicted molar refractivity (Wildman–Crippen MR) is 48.1 cm³/mol. The van der Waals surface area contributed by atoms with Crippen molar-refractivity contribution in [3.63, 3.8) is 0 Å². The second-order valence-electron chi connectivity index (χ2n) is 5.45. The number of hydroxylamine groups is 2. The van der Waals surface area contributed by atoms with Crippen molar-refractivity contribution in [1.82, 2.24) is 5.06 Å². The Morgan fingerprint density at radius 2 is 1.85 bits per heavy atom. The Labute approximate surface area is 78.9 Å². The molecule has 0 aromatic heterocycles. The van der Waals surface area contributed by atoms with Crippen molar-refractivity contribution in [2.45, 2.75) is 50.2 Å². The van der Waals surface area contributed by atoms with Gasteiger partial charge in [-0.2, -0.15) is 0 Å². The summed E-state index contributed by atoms with van der Waals surface area (Å²) in [6, 6.07) is 0.681. The molecule has 4 aliphatic rings. The third-order valence-corrected chi connectivity index (χ3v) is 4.51. The quantitative estimate of drug-likeness (QED) is 0.604. The second kappa shape index (κ2) is 2.27. The smallest absolute Gasteiger partial charge is 0.0475 e. The Kier molecular flexibility index (Phi) is 1.43. The molecule has 3 nitrogen and oxygen atoms in total. The van der Waals surface area contributed by atoms with Gasteiger partial charge >= 0.3 is 0 Å². The van der Waals surface area contributed by atoms with Crippen LogP contribution in [-0.4, -0.2) is 22.7 Å². The van der Waals surface area contributed by atoms with Crippen molar-refractivity contribution >= 4 is 0 Å². The predicted octanol–water partition coefficient (Wildman–Crippen LogP) is 0.922. The van der Waals surface area contributed by atoms with Crippen molar-refractivity contribution < 1.29 is 5.21 Å². The van der Waals surface area contributed by atoms with Gasteiger partial charge in [0.05, 0.1) is 0 Å². The molecule has 0 amide bonds. The van der Waals surface area contributed by atoms with Crippen LogP contribution in [0.2, 0.25) is 0 Å². The van der Waals surface area contributed by atoms with Crippen molar-refractivity contribution in [3.8, 4) is 0 Å². The minimum Gasteiger partial charge on any atom is -0.327 e. The molecule has 3 heteroatoms. The molecular weight excluding hydrogens is 164 g/mol. The average molecular weight is 181 g/mol. The minimum absolute atomic E-state index is 0.0631. The number of hydrogen-bond acceptors (Lipinski definition) is 2. The Morgan fingerprint density at radius 3 is 2.31 bits per heavy atom. The zero-order valence-electron chi connectivity index (χ0n) is 8.07. The fourth-order valence-corrected chi connectivity index (χ4v) is 3.96. The highest BCUT2D eigenvalue weighted by atomic mass is 16.5. The molecule has 2 saturated heterocycles. The van der Waals surface area contributed by atoms with E-state index in [-0.39, 0.29) is 5.54 Å². The van der Waals surface area contributed by atoms with Crippen LogP contribution in [0, 0.1) is 11.8 Å². The molecule has 13 heavy (non-hydrogen) atoms. The van der Waals surface area contributed by atoms with Crippen LogP contribution in [0.25, 0.3) is 0 Å². The SMILES string of the molecule is CC12C[C@H]3CC(C[C@@H](C1)C3N)N2[O]. The van der Waals surface area contributed by atoms with Crippen LogP contribution >= 0.6 is 0 Å². The number of nitrogens with zero attached hydrogens (tertiary/aromatic N) is 1. The molecule has 2 heterocycles. The summed E-state index contributed by atoms with van der Waals surface area (Å²) in [6.07, 6.45) is 4.17. The molecule has 0 spiro atoms. The molecule has 0 aromatic rings. The normalized spacial score (nSPS) is 60.2. The van der Waals surface area contributed by atoms with Gasteiger partial charge in [-0.1, -0.05) is 0 Å². The molecule has 0 aromatic carbocycles. The lowest BCUT2D eigenvalue weighted by atomic mass is 9.57. The standard InChI is InChI=1S/C10H17N2O/c1-10-4-6-2-8(12(10)13)3-7(5-10)9(6)11/h6-9H,2-5,11H2,1H3/t6-,7+,8?,9?,10?. The molecule has 4 bridgehead atoms. The molecule has 2 aliphatic carbocycles. The lowest BCUT2D eigenvalue weighted by molar-refractivity contribution is -0.310. The second-order valence-corrected chi connectivity index (χ2v) is 5.45. The molecule has 4 rings (SSSR count). The van der Waals surface area contributed by atoms with Gasteiger partial charge in [0.15, 0.2) is 0 Å². The highest BCUT2D eigenvalue weighted by molar-refractivity contribution is 5.09. The van der Waals surface area contributed by atoms with Crippen molar-refractivity contribution in [2.75, 3.05) is 0 Å². The van der Waals surface area contributed by atoms with E-state index in [1.807, 2.05) is 0 Å². The summed E-state index contributed by atoms with van der Waals surface area (Å²) in [5, 5.41) is 13.3. The van der Waals surface area contributed by atoms with Gasteiger partial charge in [-0.25, -0.2) is 0 Å². The molecular formula is C10H17N2O. The van der Waals surface area contributed by atoms with Gasteiger partial charge in [0.25, 0.3) is 0 Å². The van der Waals surface area contributed by atoms with Gasteiger partial charge in [-0.15, -0.1) is 10.3 Å². The summed E-state index contributed by atoms with van der Waals surface area (Å²) in [5.41, 5.74) is 6.09. The maximum atomic E-state index is 11.9. The highest BCUT2D eigenvalue weighted by Gasteiger charge is 2.57. The monoisotopic (exact) mass is 181 g/mol. The topological polar surface area (TPSA) is 49.2 Å². The van der Waals surface area contributed by atoms with Crippen LogP contribution in [-0.2, 0) is 5.21 Å². The van der Waals surface area contributed by atoms with E-state index in [2.05, 4.69) is 6.92 Å². The largest absolute Gasteiger partial charge is 0.327 e. The van der Waals surface area contributed by atoms with Crippen LogP contribution in [0.4, 0.5) is 0 Å².